The molecule has 0 aliphatic heterocycles. The molecule has 14 heteroatoms. The van der Waals surface area contributed by atoms with Crippen molar-refractivity contribution < 1.29 is 35.0 Å². The second-order valence-electron chi connectivity index (χ2n) is 9.11. The normalized spacial score (nSPS) is 12.4. The highest BCUT2D eigenvalue weighted by molar-refractivity contribution is 7.87. The lowest BCUT2D eigenvalue weighted by atomic mass is 9.87. The summed E-state index contributed by atoms with van der Waals surface area (Å²) in [5.74, 6) is -0.578. The predicted molar refractivity (Wildman–Crippen MR) is 151 cm³/mol. The molecule has 4 aromatic rings. The average Bonchev–Trinajstić information content (AvgIpc) is 2.97. The van der Waals surface area contributed by atoms with Crippen molar-refractivity contribution in [3.63, 3.8) is 0 Å². The predicted octanol–water partition coefficient (Wildman–Crippen LogP) is 5.51. The summed E-state index contributed by atoms with van der Waals surface area (Å²) in [6, 6.07) is 22.4. The Hall–Kier alpha value is -4.66. The molecule has 4 rings (SSSR count). The number of nitrogens with zero attached hydrogens (tertiary/aromatic N) is 2. The van der Waals surface area contributed by atoms with Crippen molar-refractivity contribution in [3.8, 4) is 5.75 Å². The third-order valence-corrected chi connectivity index (χ3v) is 8.83. The number of hydrogen-bond acceptors (Lipinski definition) is 10. The van der Waals surface area contributed by atoms with Crippen LogP contribution in [-0.2, 0) is 24.4 Å². The van der Waals surface area contributed by atoms with Gasteiger partial charge >= 0.3 is 10.1 Å². The van der Waals surface area contributed by atoms with E-state index in [0.717, 1.165) is 59.7 Å². The first-order valence-electron chi connectivity index (χ1n) is 12.4. The van der Waals surface area contributed by atoms with Crippen LogP contribution in [0, 0.1) is 27.2 Å². The molecule has 0 saturated carbocycles. The summed E-state index contributed by atoms with van der Waals surface area (Å²) in [6.45, 7) is 1.50. The van der Waals surface area contributed by atoms with Crippen molar-refractivity contribution in [2.24, 2.45) is 0 Å². The molecule has 0 aromatic heterocycles. The molecule has 0 aliphatic carbocycles. The Kier molecular flexibility index (Phi) is 8.99. The van der Waals surface area contributed by atoms with Gasteiger partial charge in [-0.05, 0) is 49.2 Å². The molecule has 0 bridgehead atoms. The van der Waals surface area contributed by atoms with Crippen LogP contribution >= 0.6 is 0 Å². The number of nitro benzene ring substituents is 2. The molecule has 0 amide bonds. The maximum Gasteiger partial charge on any atom is 0.339 e. The lowest BCUT2D eigenvalue weighted by Gasteiger charge is -2.22. The van der Waals surface area contributed by atoms with E-state index in [4.69, 9.17) is 8.37 Å². The van der Waals surface area contributed by atoms with Gasteiger partial charge in [-0.1, -0.05) is 48.0 Å². The molecular formula is C28H24N2O10S2. The van der Waals surface area contributed by atoms with Gasteiger partial charge < -0.3 is 4.18 Å². The molecule has 0 saturated heterocycles. The van der Waals surface area contributed by atoms with Crippen molar-refractivity contribution in [2.75, 3.05) is 6.61 Å². The van der Waals surface area contributed by atoms with E-state index in [1.165, 1.54) is 6.07 Å². The minimum Gasteiger partial charge on any atom is -0.379 e. The van der Waals surface area contributed by atoms with Crippen LogP contribution in [0.5, 0.6) is 5.75 Å². The Morgan fingerprint density at radius 1 is 0.714 bits per heavy atom. The van der Waals surface area contributed by atoms with E-state index < -0.39 is 36.0 Å². The maximum atomic E-state index is 13.1. The highest BCUT2D eigenvalue weighted by Crippen LogP contribution is 2.37. The molecule has 12 nitrogen and oxygen atoms in total. The van der Waals surface area contributed by atoms with Gasteiger partial charge in [-0.25, -0.2) is 0 Å². The third-order valence-electron chi connectivity index (χ3n) is 6.26. The standard InChI is InChI=1S/C28H24N2O10S2/c1-20-7-16-28(40-42(37,38)25-14-10-23(11-15-25)30(33)34)27(19-20)26(21-5-3-2-4-6-21)17-18-39-41(35,36)24-12-8-22(9-13-24)29(31)32/h2-16,19,26H,17-18H2,1H3. The van der Waals surface area contributed by atoms with E-state index in [2.05, 4.69) is 0 Å². The van der Waals surface area contributed by atoms with Crippen LogP contribution in [0.25, 0.3) is 0 Å². The van der Waals surface area contributed by atoms with Gasteiger partial charge in [0, 0.05) is 35.7 Å². The lowest BCUT2D eigenvalue weighted by Crippen LogP contribution is -2.15. The number of aryl methyl sites for hydroxylation is 1. The molecular weight excluding hydrogens is 588 g/mol. The highest BCUT2D eigenvalue weighted by atomic mass is 32.2. The first kappa shape index (κ1) is 30.3. The van der Waals surface area contributed by atoms with Gasteiger partial charge in [0.15, 0.2) is 0 Å². The molecule has 218 valence electrons. The number of hydrogen-bond donors (Lipinski definition) is 0. The summed E-state index contributed by atoms with van der Waals surface area (Å²) in [6.07, 6.45) is 0.0909. The molecule has 0 N–H and O–H groups in total. The van der Waals surface area contributed by atoms with Gasteiger partial charge in [0.05, 0.1) is 21.3 Å². The molecule has 1 atom stereocenters. The highest BCUT2D eigenvalue weighted by Gasteiger charge is 2.25. The molecule has 0 fully saturated rings. The summed E-state index contributed by atoms with van der Waals surface area (Å²) in [5, 5.41) is 21.8. The summed E-state index contributed by atoms with van der Waals surface area (Å²) < 4.78 is 62.5. The van der Waals surface area contributed by atoms with Crippen LogP contribution in [-0.4, -0.2) is 33.3 Å². The van der Waals surface area contributed by atoms with Crippen LogP contribution in [0.1, 0.15) is 29.0 Å². The van der Waals surface area contributed by atoms with Crippen molar-refractivity contribution >= 4 is 31.6 Å². The van der Waals surface area contributed by atoms with Gasteiger partial charge in [-0.2, -0.15) is 16.8 Å². The van der Waals surface area contributed by atoms with Crippen molar-refractivity contribution in [2.45, 2.75) is 29.1 Å². The zero-order chi connectivity index (χ0) is 30.5. The minimum atomic E-state index is -4.39. The Morgan fingerprint density at radius 2 is 1.24 bits per heavy atom. The first-order chi connectivity index (χ1) is 19.9. The summed E-state index contributed by atoms with van der Waals surface area (Å²) in [4.78, 5) is 20.0. The second-order valence-corrected chi connectivity index (χ2v) is 12.3. The molecule has 4 aromatic carbocycles. The van der Waals surface area contributed by atoms with Crippen molar-refractivity contribution in [1.82, 2.24) is 0 Å². The topological polar surface area (TPSA) is 173 Å². The molecule has 0 radical (unpaired) electrons. The fourth-order valence-electron chi connectivity index (χ4n) is 4.18. The van der Waals surface area contributed by atoms with Crippen molar-refractivity contribution in [1.29, 1.82) is 0 Å². The fraction of sp³-hybridized carbons (Fsp3) is 0.143. The Bertz CT molecular complexity index is 1810. The second kappa shape index (κ2) is 12.5. The SMILES string of the molecule is Cc1ccc(OS(=O)(=O)c2ccc([N+](=O)[O-])cc2)c(C(CCOS(=O)(=O)c2ccc([N+](=O)[O-])cc2)c2ccccc2)c1. The van der Waals surface area contributed by atoms with Crippen LogP contribution in [0.2, 0.25) is 0 Å². The first-order valence-corrected chi connectivity index (χ1v) is 15.2. The van der Waals surface area contributed by atoms with E-state index in [1.54, 1.807) is 49.4 Å². The average molecular weight is 613 g/mol. The molecule has 42 heavy (non-hydrogen) atoms. The van der Waals surface area contributed by atoms with Crippen LogP contribution < -0.4 is 4.18 Å². The third kappa shape index (κ3) is 7.15. The quantitative estimate of drug-likeness (QED) is 0.113. The van der Waals surface area contributed by atoms with Gasteiger partial charge in [0.1, 0.15) is 10.6 Å². The molecule has 0 heterocycles. The number of benzene rings is 4. The smallest absolute Gasteiger partial charge is 0.339 e. The molecule has 0 spiro atoms. The van der Waals surface area contributed by atoms with E-state index in [1.807, 2.05) is 0 Å². The van der Waals surface area contributed by atoms with E-state index in [0.29, 0.717) is 5.56 Å². The summed E-state index contributed by atoms with van der Waals surface area (Å²) >= 11 is 0. The van der Waals surface area contributed by atoms with Gasteiger partial charge in [0.2, 0.25) is 0 Å². The van der Waals surface area contributed by atoms with Crippen LogP contribution in [0.3, 0.4) is 0 Å². The Balaban J connectivity index is 1.63. The van der Waals surface area contributed by atoms with E-state index >= 15 is 0 Å². The summed E-state index contributed by atoms with van der Waals surface area (Å²) in [7, 11) is -8.65. The monoisotopic (exact) mass is 612 g/mol. The number of rotatable bonds is 12. The van der Waals surface area contributed by atoms with Gasteiger partial charge in [0.25, 0.3) is 21.5 Å². The maximum absolute atomic E-state index is 13.1. The van der Waals surface area contributed by atoms with Crippen LogP contribution in [0.4, 0.5) is 11.4 Å². The van der Waals surface area contributed by atoms with Gasteiger partial charge in [-0.15, -0.1) is 0 Å². The Labute approximate surface area is 241 Å². The summed E-state index contributed by atoms with van der Waals surface area (Å²) in [5.41, 5.74) is 1.41. The van der Waals surface area contributed by atoms with E-state index in [9.17, 15) is 37.1 Å². The Morgan fingerprint density at radius 3 is 1.76 bits per heavy atom. The van der Waals surface area contributed by atoms with Gasteiger partial charge in [-0.3, -0.25) is 24.4 Å². The minimum absolute atomic E-state index is 0.00830. The molecule has 0 aliphatic rings. The number of non-ortho nitro benzene ring substituents is 2. The molecule has 1 unspecified atom stereocenters. The fourth-order valence-corrected chi connectivity index (χ4v) is 6.06. The number of nitro groups is 2. The van der Waals surface area contributed by atoms with E-state index in [-0.39, 0.29) is 39.9 Å². The van der Waals surface area contributed by atoms with Crippen molar-refractivity contribution in [3.05, 3.63) is 134 Å². The zero-order valence-corrected chi connectivity index (χ0v) is 23.7. The van der Waals surface area contributed by atoms with Crippen LogP contribution in [0.15, 0.2) is 107 Å². The largest absolute Gasteiger partial charge is 0.379 e. The zero-order valence-electron chi connectivity index (χ0n) is 22.0. The lowest BCUT2D eigenvalue weighted by molar-refractivity contribution is -0.385.